The first-order valence-corrected chi connectivity index (χ1v) is 20.5. The van der Waals surface area contributed by atoms with Crippen LogP contribution in [0.1, 0.15) is 152 Å². The second-order valence-electron chi connectivity index (χ2n) is 14.4. The van der Waals surface area contributed by atoms with Crippen LogP contribution in [0.3, 0.4) is 0 Å². The maximum absolute atomic E-state index is 12.0. The number of benzene rings is 2. The number of allylic oxidation sites excluding steroid dienone is 2. The molecule has 0 amide bonds. The summed E-state index contributed by atoms with van der Waals surface area (Å²) in [5.74, 6) is 5.20. The minimum absolute atomic E-state index is 0.209. The number of rotatable bonds is 18. The predicted octanol–water partition coefficient (Wildman–Crippen LogP) is 11.8. The van der Waals surface area contributed by atoms with Gasteiger partial charge in [0.2, 0.25) is 0 Å². The summed E-state index contributed by atoms with van der Waals surface area (Å²) >= 11 is 0. The molecule has 0 aliphatic heterocycles. The molecule has 5 rings (SSSR count). The fourth-order valence-corrected chi connectivity index (χ4v) is 7.53. The molecule has 7 nitrogen and oxygen atoms in total. The van der Waals surface area contributed by atoms with Crippen molar-refractivity contribution in [2.24, 2.45) is 17.8 Å². The van der Waals surface area contributed by atoms with Crippen LogP contribution in [0.2, 0.25) is 0 Å². The molecule has 292 valence electrons. The highest BCUT2D eigenvalue weighted by Gasteiger charge is 2.30. The van der Waals surface area contributed by atoms with Gasteiger partial charge in [0.1, 0.15) is 29.3 Å². The number of esters is 1. The average molecular weight is 731 g/mol. The van der Waals surface area contributed by atoms with Gasteiger partial charge in [0.05, 0.1) is 25.9 Å². The van der Waals surface area contributed by atoms with Gasteiger partial charge in [-0.25, -0.2) is 4.79 Å². The zero-order chi connectivity index (χ0) is 38.3. The van der Waals surface area contributed by atoms with Crippen LogP contribution in [0.15, 0.2) is 66.5 Å². The Morgan fingerprint density at radius 2 is 1.49 bits per heavy atom. The molecule has 7 heteroatoms. The Balaban J connectivity index is 0.000000299. The lowest BCUT2D eigenvalue weighted by molar-refractivity contribution is -0.137. The lowest BCUT2D eigenvalue weighted by Gasteiger charge is -2.32. The molecular formula is C46H66O7. The van der Waals surface area contributed by atoms with Crippen molar-refractivity contribution in [2.45, 2.75) is 136 Å². The Bertz CT molecular complexity index is 1390. The van der Waals surface area contributed by atoms with Gasteiger partial charge in [-0.15, -0.1) is 0 Å². The van der Waals surface area contributed by atoms with Gasteiger partial charge in [0.25, 0.3) is 0 Å². The summed E-state index contributed by atoms with van der Waals surface area (Å²) in [6.07, 6.45) is 22.3. The van der Waals surface area contributed by atoms with Gasteiger partial charge in [-0.1, -0.05) is 46.3 Å². The van der Waals surface area contributed by atoms with Gasteiger partial charge in [-0.2, -0.15) is 0 Å². The Kier molecular flexibility index (Phi) is 20.7. The molecule has 0 radical (unpaired) electrons. The van der Waals surface area contributed by atoms with Crippen LogP contribution >= 0.6 is 0 Å². The monoisotopic (exact) mass is 730 g/mol. The summed E-state index contributed by atoms with van der Waals surface area (Å²) < 4.78 is 22.1. The summed E-state index contributed by atoms with van der Waals surface area (Å²) in [5, 5.41) is 0. The second kappa shape index (κ2) is 25.2. The fourth-order valence-electron chi connectivity index (χ4n) is 7.53. The number of carbonyl (C=O) groups excluding carboxylic acids is 3. The summed E-state index contributed by atoms with van der Waals surface area (Å²) in [6, 6.07) is 13.9. The van der Waals surface area contributed by atoms with Gasteiger partial charge >= 0.3 is 5.97 Å². The Morgan fingerprint density at radius 1 is 0.830 bits per heavy atom. The van der Waals surface area contributed by atoms with Crippen molar-refractivity contribution in [1.82, 2.24) is 0 Å². The topological polar surface area (TPSA) is 88.1 Å². The zero-order valence-electron chi connectivity index (χ0n) is 33.1. The number of unbranched alkanes of at least 4 members (excludes halogenated alkanes) is 3. The van der Waals surface area contributed by atoms with E-state index in [0.29, 0.717) is 36.4 Å². The van der Waals surface area contributed by atoms with Crippen molar-refractivity contribution in [3.05, 3.63) is 77.6 Å². The van der Waals surface area contributed by atoms with Crippen LogP contribution in [0.25, 0.3) is 0 Å². The van der Waals surface area contributed by atoms with Gasteiger partial charge in [0, 0.05) is 17.9 Å². The molecule has 0 unspecified atom stereocenters. The first-order valence-electron chi connectivity index (χ1n) is 20.5. The van der Waals surface area contributed by atoms with Crippen LogP contribution in [0.4, 0.5) is 0 Å². The minimum atomic E-state index is -0.354. The van der Waals surface area contributed by atoms with E-state index >= 15 is 0 Å². The molecule has 0 saturated heterocycles. The van der Waals surface area contributed by atoms with Crippen molar-refractivity contribution in [1.29, 1.82) is 0 Å². The number of hydrogen-bond donors (Lipinski definition) is 0. The zero-order valence-corrected chi connectivity index (χ0v) is 33.1. The third kappa shape index (κ3) is 14.8. The molecule has 0 aromatic heterocycles. The largest absolute Gasteiger partial charge is 0.497 e. The fraction of sp³-hybridized carbons (Fsp3) is 0.587. The molecule has 3 saturated carbocycles. The van der Waals surface area contributed by atoms with Crippen molar-refractivity contribution >= 4 is 18.5 Å². The lowest BCUT2D eigenvalue weighted by atomic mass is 9.77. The van der Waals surface area contributed by atoms with Crippen LogP contribution in [-0.2, 0) is 14.3 Å². The Labute approximate surface area is 319 Å². The Morgan fingerprint density at radius 3 is 2.06 bits per heavy atom. The van der Waals surface area contributed by atoms with Crippen LogP contribution in [0.5, 0.6) is 17.2 Å². The highest BCUT2D eigenvalue weighted by Crippen LogP contribution is 2.42. The smallest absolute Gasteiger partial charge is 0.330 e. The van der Waals surface area contributed by atoms with E-state index in [2.05, 4.69) is 25.6 Å². The van der Waals surface area contributed by atoms with E-state index in [-0.39, 0.29) is 11.9 Å². The van der Waals surface area contributed by atoms with E-state index in [4.69, 9.17) is 18.9 Å². The van der Waals surface area contributed by atoms with Crippen LogP contribution < -0.4 is 14.2 Å². The third-order valence-electron chi connectivity index (χ3n) is 10.8. The second-order valence-corrected chi connectivity index (χ2v) is 14.4. The Hall–Kier alpha value is -3.87. The van der Waals surface area contributed by atoms with Crippen molar-refractivity contribution in [2.75, 3.05) is 20.3 Å². The summed E-state index contributed by atoms with van der Waals surface area (Å²) in [4.78, 5) is 33.9. The normalized spacial score (nSPS) is 20.5. The molecule has 0 spiro atoms. The van der Waals surface area contributed by atoms with Crippen LogP contribution in [-0.4, -0.2) is 38.9 Å². The average Bonchev–Trinajstić information content (AvgIpc) is 3.19. The summed E-state index contributed by atoms with van der Waals surface area (Å²) in [5.41, 5.74) is 3.41. The quantitative estimate of drug-likeness (QED) is 0.0496. The molecule has 3 aliphatic rings. The van der Waals surface area contributed by atoms with Gasteiger partial charge in [-0.3, -0.25) is 4.79 Å². The highest BCUT2D eigenvalue weighted by atomic mass is 16.5. The van der Waals surface area contributed by atoms with E-state index in [1.165, 1.54) is 62.2 Å². The predicted molar refractivity (Wildman–Crippen MR) is 214 cm³/mol. The lowest BCUT2D eigenvalue weighted by Crippen LogP contribution is -2.22. The van der Waals surface area contributed by atoms with Gasteiger partial charge in [-0.05, 0) is 156 Å². The number of hydrogen-bond acceptors (Lipinski definition) is 7. The molecule has 0 atom stereocenters. The van der Waals surface area contributed by atoms with E-state index < -0.39 is 0 Å². The van der Waals surface area contributed by atoms with E-state index in [1.54, 1.807) is 7.11 Å². The summed E-state index contributed by atoms with van der Waals surface area (Å²) in [7, 11) is 1.64. The molecule has 2 aromatic carbocycles. The van der Waals surface area contributed by atoms with Gasteiger partial charge in [0.15, 0.2) is 6.29 Å². The molecule has 3 aliphatic carbocycles. The molecule has 0 N–H and O–H groups in total. The van der Waals surface area contributed by atoms with Crippen molar-refractivity contribution in [3.8, 4) is 17.2 Å². The SMILES string of the molecule is C=CC(=O)OCCCCCCOc1ccc(OC)cc1.CC.CCCC1CCC(c2ccc(OC(=C3CCC3)C3CCC(C=O)CC3)c(C=O)c2)CC1. The molecule has 0 bridgehead atoms. The standard InChI is InChI=1S/C28H38O3.C16H22O4.C2H6/c1-2-4-20-7-11-22(12-8-20)25-15-16-27(26(17-25)19-30)31-28(23-5-3-6-23)24-13-9-21(18-29)10-14-24;1-3-16(17)20-13-7-5-4-6-12-19-15-10-8-14(18-2)9-11-15;1-2/h15-22,24H,2-14H2,1H3;3,8-11H,1,4-7,12-13H2,2H3;1-2H3. The maximum atomic E-state index is 12.0. The van der Waals surface area contributed by atoms with Crippen LogP contribution in [0, 0.1) is 17.8 Å². The molecule has 3 fully saturated rings. The van der Waals surface area contributed by atoms with E-state index in [1.807, 2.05) is 44.2 Å². The third-order valence-corrected chi connectivity index (χ3v) is 10.8. The van der Waals surface area contributed by atoms with Crippen molar-refractivity contribution < 1.29 is 33.3 Å². The van der Waals surface area contributed by atoms with E-state index in [0.717, 1.165) is 100.0 Å². The number of ether oxygens (including phenoxy) is 4. The number of methoxy groups -OCH3 is 1. The number of carbonyl (C=O) groups is 3. The minimum Gasteiger partial charge on any atom is -0.497 e. The summed E-state index contributed by atoms with van der Waals surface area (Å²) in [6.45, 7) is 10.8. The first kappa shape index (κ1) is 43.5. The molecule has 53 heavy (non-hydrogen) atoms. The van der Waals surface area contributed by atoms with Gasteiger partial charge < -0.3 is 23.7 Å². The van der Waals surface area contributed by atoms with Crippen molar-refractivity contribution in [3.63, 3.8) is 0 Å². The number of aldehydes is 2. The van der Waals surface area contributed by atoms with E-state index in [9.17, 15) is 14.4 Å². The highest BCUT2D eigenvalue weighted by molar-refractivity contribution is 5.81. The first-order chi connectivity index (χ1) is 26.0. The molecule has 2 aromatic rings. The maximum Gasteiger partial charge on any atom is 0.330 e. The molecular weight excluding hydrogens is 664 g/mol. The molecule has 0 heterocycles.